The first-order valence-electron chi connectivity index (χ1n) is 5.86. The zero-order valence-corrected chi connectivity index (χ0v) is 11.3. The van der Waals surface area contributed by atoms with Gasteiger partial charge in [0.2, 0.25) is 0 Å². The number of hydrogen-bond donors (Lipinski definition) is 5. The minimum Gasteiger partial charge on any atom is -0.271 e. The number of hydrogen-bond acceptors (Lipinski definition) is 2. The van der Waals surface area contributed by atoms with Crippen LogP contribution in [0.1, 0.15) is 16.7 Å². The van der Waals surface area contributed by atoms with E-state index < -0.39 is 23.5 Å². The minimum atomic E-state index is -4.88. The summed E-state index contributed by atoms with van der Waals surface area (Å²) < 4.78 is 76.0. The maximum Gasteiger partial charge on any atom is 0.416 e. The van der Waals surface area contributed by atoms with Crippen LogP contribution in [0, 0.1) is 0 Å². The average Bonchev–Trinajstić information content (AvgIpc) is 2.41. The van der Waals surface area contributed by atoms with E-state index in [2.05, 4.69) is 21.3 Å². The standard InChI is InChI=1S/C11H13F6N5/c1-19-22-9(21-18)20-5-6-2-7(10(12,13)14)4-8(3-6)11(15,16)17/h2-4,19H,5,18H2,1H3,(H2,20,21,22)/p+1. The Bertz CT molecular complexity index is 505. The Morgan fingerprint density at radius 3 is 1.91 bits per heavy atom. The van der Waals surface area contributed by atoms with E-state index >= 15 is 0 Å². The van der Waals surface area contributed by atoms with Crippen LogP contribution in [0.2, 0.25) is 0 Å². The van der Waals surface area contributed by atoms with Crippen LogP contribution in [0.25, 0.3) is 0 Å². The van der Waals surface area contributed by atoms with Crippen molar-refractivity contribution in [2.24, 2.45) is 5.84 Å². The normalized spacial score (nSPS) is 13.2. The van der Waals surface area contributed by atoms with Gasteiger partial charge in [-0.15, -0.1) is 0 Å². The third-order valence-electron chi connectivity index (χ3n) is 2.51. The van der Waals surface area contributed by atoms with Crippen molar-refractivity contribution >= 4 is 5.96 Å². The molecule has 124 valence electrons. The lowest BCUT2D eigenvalue weighted by Crippen LogP contribution is -2.80. The van der Waals surface area contributed by atoms with Crippen LogP contribution in [0.3, 0.4) is 0 Å². The molecule has 5 nitrogen and oxygen atoms in total. The number of nitrogens with two attached hydrogens (primary N) is 1. The predicted molar refractivity (Wildman–Crippen MR) is 65.6 cm³/mol. The molecule has 0 unspecified atom stereocenters. The lowest BCUT2D eigenvalue weighted by molar-refractivity contribution is -0.480. The SMILES string of the molecule is CNNC(NN)=[NH+]Cc1cc(C(F)(F)F)cc(C(F)(F)F)c1. The Labute approximate surface area is 121 Å². The third kappa shape index (κ3) is 5.07. The fraction of sp³-hybridized carbons (Fsp3) is 0.364. The second-order valence-electron chi connectivity index (χ2n) is 4.16. The molecule has 1 aromatic rings. The van der Waals surface area contributed by atoms with E-state index in [1.165, 1.54) is 7.05 Å². The number of guanidine groups is 1. The number of benzene rings is 1. The van der Waals surface area contributed by atoms with Gasteiger partial charge in [0.15, 0.2) is 0 Å². The Kier molecular flexibility index (Phi) is 5.60. The zero-order valence-electron chi connectivity index (χ0n) is 11.3. The molecule has 22 heavy (non-hydrogen) atoms. The second-order valence-corrected chi connectivity index (χ2v) is 4.16. The van der Waals surface area contributed by atoms with Crippen LogP contribution in [-0.2, 0) is 18.9 Å². The summed E-state index contributed by atoms with van der Waals surface area (Å²) in [6.45, 7) is -0.304. The molecule has 6 N–H and O–H groups in total. The maximum atomic E-state index is 12.7. The fourth-order valence-electron chi connectivity index (χ4n) is 1.57. The summed E-state index contributed by atoms with van der Waals surface area (Å²) in [4.78, 5) is 2.52. The van der Waals surface area contributed by atoms with Gasteiger partial charge in [-0.3, -0.25) is 4.99 Å². The molecule has 0 aromatic heterocycles. The molecule has 11 heteroatoms. The molecule has 0 radical (unpaired) electrons. The first kappa shape index (κ1) is 18.0. The molecule has 1 aromatic carbocycles. The summed E-state index contributed by atoms with van der Waals surface area (Å²) in [6.07, 6.45) is -9.75. The van der Waals surface area contributed by atoms with E-state index in [0.717, 1.165) is 0 Å². The van der Waals surface area contributed by atoms with Crippen molar-refractivity contribution in [3.8, 4) is 0 Å². The first-order chi connectivity index (χ1) is 10.1. The van der Waals surface area contributed by atoms with E-state index in [9.17, 15) is 26.3 Å². The Balaban J connectivity index is 3.19. The van der Waals surface area contributed by atoms with Gasteiger partial charge in [0, 0.05) is 7.05 Å². The van der Waals surface area contributed by atoms with Gasteiger partial charge in [0.1, 0.15) is 0 Å². The molecular weight excluding hydrogens is 316 g/mol. The molecule has 0 aliphatic rings. The fourth-order valence-corrected chi connectivity index (χ4v) is 1.57. The molecule has 0 fully saturated rings. The lowest BCUT2D eigenvalue weighted by Gasteiger charge is -2.13. The molecule has 0 atom stereocenters. The molecule has 0 spiro atoms. The van der Waals surface area contributed by atoms with E-state index in [-0.39, 0.29) is 24.1 Å². The molecule has 1 rings (SSSR count). The Hall–Kier alpha value is -2.01. The van der Waals surface area contributed by atoms with Crippen LogP contribution in [0.15, 0.2) is 18.2 Å². The molecule has 0 aliphatic carbocycles. The van der Waals surface area contributed by atoms with Gasteiger partial charge in [-0.05, 0) is 23.8 Å². The smallest absolute Gasteiger partial charge is 0.271 e. The molecular formula is C11H14F6N5+. The van der Waals surface area contributed by atoms with Crippen molar-refractivity contribution in [2.75, 3.05) is 7.05 Å². The van der Waals surface area contributed by atoms with Gasteiger partial charge in [-0.25, -0.2) is 10.9 Å². The van der Waals surface area contributed by atoms with Crippen molar-refractivity contribution in [3.05, 3.63) is 34.9 Å². The van der Waals surface area contributed by atoms with Crippen molar-refractivity contribution in [1.82, 2.24) is 16.3 Å². The van der Waals surface area contributed by atoms with Gasteiger partial charge in [0.25, 0.3) is 0 Å². The summed E-state index contributed by atoms with van der Waals surface area (Å²) in [5.74, 6) is 5.19. The molecule has 0 saturated carbocycles. The highest BCUT2D eigenvalue weighted by molar-refractivity contribution is 5.72. The van der Waals surface area contributed by atoms with Crippen molar-refractivity contribution in [1.29, 1.82) is 0 Å². The van der Waals surface area contributed by atoms with Crippen molar-refractivity contribution in [3.63, 3.8) is 0 Å². The number of hydrazine groups is 2. The summed E-state index contributed by atoms with van der Waals surface area (Å²) in [5, 5.41) is 0. The van der Waals surface area contributed by atoms with E-state index in [4.69, 9.17) is 5.84 Å². The monoisotopic (exact) mass is 330 g/mol. The predicted octanol–water partition coefficient (Wildman–Crippen LogP) is -0.152. The maximum absolute atomic E-state index is 12.7. The number of nitrogens with one attached hydrogen (secondary N) is 4. The Morgan fingerprint density at radius 2 is 1.55 bits per heavy atom. The summed E-state index contributed by atoms with van der Waals surface area (Å²) in [7, 11) is 1.49. The highest BCUT2D eigenvalue weighted by Gasteiger charge is 2.36. The summed E-state index contributed by atoms with van der Waals surface area (Å²) in [5.41, 5.74) is 4.15. The molecule has 0 heterocycles. The van der Waals surface area contributed by atoms with Crippen LogP contribution in [-0.4, -0.2) is 13.0 Å². The van der Waals surface area contributed by atoms with Gasteiger partial charge >= 0.3 is 18.3 Å². The second kappa shape index (κ2) is 6.83. The average molecular weight is 330 g/mol. The molecule has 0 saturated heterocycles. The van der Waals surface area contributed by atoms with Crippen molar-refractivity contribution < 1.29 is 31.3 Å². The van der Waals surface area contributed by atoms with E-state index in [1.807, 2.05) is 0 Å². The zero-order chi connectivity index (χ0) is 17.0. The van der Waals surface area contributed by atoms with Crippen molar-refractivity contribution in [2.45, 2.75) is 18.9 Å². The van der Waals surface area contributed by atoms with Gasteiger partial charge in [-0.1, -0.05) is 0 Å². The first-order valence-corrected chi connectivity index (χ1v) is 5.86. The number of alkyl halides is 6. The number of rotatable bonds is 3. The van der Waals surface area contributed by atoms with Crippen LogP contribution in [0.4, 0.5) is 26.3 Å². The Morgan fingerprint density at radius 1 is 1.05 bits per heavy atom. The largest absolute Gasteiger partial charge is 0.416 e. The quantitative estimate of drug-likeness (QED) is 0.176. The van der Waals surface area contributed by atoms with Gasteiger partial charge < -0.3 is 0 Å². The summed E-state index contributed by atoms with van der Waals surface area (Å²) >= 11 is 0. The van der Waals surface area contributed by atoms with Crippen LogP contribution in [0.5, 0.6) is 0 Å². The third-order valence-corrected chi connectivity index (χ3v) is 2.51. The molecule has 0 bridgehead atoms. The van der Waals surface area contributed by atoms with E-state index in [1.54, 1.807) is 0 Å². The lowest BCUT2D eigenvalue weighted by atomic mass is 10.0. The van der Waals surface area contributed by atoms with Gasteiger partial charge in [-0.2, -0.15) is 37.6 Å². The highest BCUT2D eigenvalue weighted by Crippen LogP contribution is 2.36. The topological polar surface area (TPSA) is 76.1 Å². The van der Waals surface area contributed by atoms with Crippen LogP contribution >= 0.6 is 0 Å². The summed E-state index contributed by atoms with van der Waals surface area (Å²) in [6, 6.07) is 1.34. The molecule has 0 aliphatic heterocycles. The minimum absolute atomic E-state index is 0.0706. The number of halogens is 6. The highest BCUT2D eigenvalue weighted by atomic mass is 19.4. The van der Waals surface area contributed by atoms with Crippen LogP contribution < -0.4 is 27.1 Å². The van der Waals surface area contributed by atoms with Gasteiger partial charge in [0.05, 0.1) is 17.7 Å². The van der Waals surface area contributed by atoms with E-state index in [0.29, 0.717) is 12.1 Å². The molecule has 0 amide bonds.